The molecule has 0 bridgehead atoms. The zero-order valence-corrected chi connectivity index (χ0v) is 16.1. The van der Waals surface area contributed by atoms with E-state index in [0.29, 0.717) is 23.4 Å². The summed E-state index contributed by atoms with van der Waals surface area (Å²) >= 11 is 3.41. The number of esters is 1. The minimum atomic E-state index is -0.417. The monoisotopic (exact) mass is 392 g/mol. The van der Waals surface area contributed by atoms with Crippen molar-refractivity contribution < 1.29 is 14.3 Å². The van der Waals surface area contributed by atoms with Gasteiger partial charge in [0.25, 0.3) is 5.91 Å². The van der Waals surface area contributed by atoms with Crippen molar-refractivity contribution in [2.75, 3.05) is 11.9 Å². The molecule has 6 heteroatoms. The van der Waals surface area contributed by atoms with Crippen LogP contribution in [0.1, 0.15) is 44.6 Å². The normalized spacial score (nSPS) is 10.6. The van der Waals surface area contributed by atoms with Crippen molar-refractivity contribution in [1.82, 2.24) is 4.57 Å². The highest BCUT2D eigenvalue weighted by Gasteiger charge is 2.25. The number of hydrogen-bond donors (Lipinski definition) is 1. The molecule has 0 radical (unpaired) electrons. The molecule has 1 amide bonds. The number of nitrogens with zero attached hydrogens (tertiary/aromatic N) is 1. The summed E-state index contributed by atoms with van der Waals surface area (Å²) in [5, 5.41) is 2.92. The predicted octanol–water partition coefficient (Wildman–Crippen LogP) is 4.14. The second kappa shape index (κ2) is 7.21. The second-order valence-corrected chi connectivity index (χ2v) is 6.54. The first kappa shape index (κ1) is 18.3. The topological polar surface area (TPSA) is 60.3 Å². The number of carbonyl (C=O) groups excluding carboxylic acids is 2. The van der Waals surface area contributed by atoms with Gasteiger partial charge in [0, 0.05) is 22.9 Å². The van der Waals surface area contributed by atoms with E-state index in [1.165, 1.54) is 0 Å². The van der Waals surface area contributed by atoms with E-state index in [0.717, 1.165) is 21.4 Å². The van der Waals surface area contributed by atoms with Gasteiger partial charge in [-0.1, -0.05) is 15.9 Å². The van der Waals surface area contributed by atoms with Crippen LogP contribution in [0, 0.1) is 20.8 Å². The van der Waals surface area contributed by atoms with Crippen LogP contribution in [0.2, 0.25) is 0 Å². The van der Waals surface area contributed by atoms with Crippen LogP contribution in [-0.4, -0.2) is 23.1 Å². The van der Waals surface area contributed by atoms with E-state index in [4.69, 9.17) is 4.74 Å². The molecule has 0 spiro atoms. The molecule has 0 aliphatic carbocycles. The number of benzene rings is 1. The van der Waals surface area contributed by atoms with Crippen LogP contribution in [-0.2, 0) is 11.8 Å². The smallest absolute Gasteiger partial charge is 0.355 e. The van der Waals surface area contributed by atoms with Crippen molar-refractivity contribution >= 4 is 33.5 Å². The molecule has 1 N–H and O–H groups in total. The van der Waals surface area contributed by atoms with E-state index in [1.54, 1.807) is 25.5 Å². The van der Waals surface area contributed by atoms with E-state index in [-0.39, 0.29) is 5.91 Å². The zero-order valence-electron chi connectivity index (χ0n) is 14.5. The number of anilines is 1. The molecular weight excluding hydrogens is 372 g/mol. The molecule has 2 aromatic rings. The maximum Gasteiger partial charge on any atom is 0.355 e. The molecular formula is C18H21BrN2O3. The van der Waals surface area contributed by atoms with Gasteiger partial charge >= 0.3 is 5.97 Å². The summed E-state index contributed by atoms with van der Waals surface area (Å²) < 4.78 is 7.75. The van der Waals surface area contributed by atoms with Gasteiger partial charge in [0.1, 0.15) is 5.69 Å². The molecule has 2 rings (SSSR count). The lowest BCUT2D eigenvalue weighted by molar-refractivity contribution is 0.0514. The van der Waals surface area contributed by atoms with Crippen molar-refractivity contribution in [3.8, 4) is 0 Å². The van der Waals surface area contributed by atoms with Crippen LogP contribution in [0.25, 0.3) is 0 Å². The van der Waals surface area contributed by atoms with Crippen LogP contribution in [0.5, 0.6) is 0 Å². The third-order valence-electron chi connectivity index (χ3n) is 4.06. The number of carbonyl (C=O) groups is 2. The largest absolute Gasteiger partial charge is 0.461 e. The number of amides is 1. The summed E-state index contributed by atoms with van der Waals surface area (Å²) in [6, 6.07) is 5.65. The Morgan fingerprint density at radius 1 is 1.25 bits per heavy atom. The van der Waals surface area contributed by atoms with Gasteiger partial charge in [-0.2, -0.15) is 0 Å². The Hall–Kier alpha value is -2.08. The van der Waals surface area contributed by atoms with Crippen molar-refractivity contribution in [2.45, 2.75) is 27.7 Å². The Labute approximate surface area is 150 Å². The van der Waals surface area contributed by atoms with Gasteiger partial charge in [0.05, 0.1) is 12.2 Å². The van der Waals surface area contributed by atoms with Gasteiger partial charge in [-0.3, -0.25) is 4.79 Å². The quantitative estimate of drug-likeness (QED) is 0.795. The summed E-state index contributed by atoms with van der Waals surface area (Å²) in [6.07, 6.45) is 0. The Balaban J connectivity index is 2.39. The van der Waals surface area contributed by atoms with Crippen molar-refractivity contribution in [3.63, 3.8) is 0 Å². The van der Waals surface area contributed by atoms with E-state index in [9.17, 15) is 9.59 Å². The molecule has 0 saturated carbocycles. The van der Waals surface area contributed by atoms with Crippen molar-refractivity contribution in [2.24, 2.45) is 7.05 Å². The highest BCUT2D eigenvalue weighted by molar-refractivity contribution is 9.10. The summed E-state index contributed by atoms with van der Waals surface area (Å²) in [5.74, 6) is -0.652. The maximum absolute atomic E-state index is 12.8. The summed E-state index contributed by atoms with van der Waals surface area (Å²) in [6.45, 7) is 7.56. The third-order valence-corrected chi connectivity index (χ3v) is 4.56. The summed E-state index contributed by atoms with van der Waals surface area (Å²) in [5.41, 5.74) is 3.96. The number of nitrogens with one attached hydrogen (secondary N) is 1. The molecule has 1 aromatic heterocycles. The van der Waals surface area contributed by atoms with Crippen molar-refractivity contribution in [3.05, 3.63) is 50.8 Å². The van der Waals surface area contributed by atoms with Gasteiger partial charge in [-0.15, -0.1) is 0 Å². The fourth-order valence-electron chi connectivity index (χ4n) is 2.75. The molecule has 0 fully saturated rings. The Kier molecular flexibility index (Phi) is 5.49. The lowest BCUT2D eigenvalue weighted by Gasteiger charge is -2.09. The fraction of sp³-hybridized carbons (Fsp3) is 0.333. The van der Waals surface area contributed by atoms with Crippen LogP contribution in [0.15, 0.2) is 22.7 Å². The van der Waals surface area contributed by atoms with Gasteiger partial charge in [0.2, 0.25) is 0 Å². The lowest BCUT2D eigenvalue weighted by atomic mass is 10.1. The van der Waals surface area contributed by atoms with Crippen LogP contribution >= 0.6 is 15.9 Å². The first-order valence-corrected chi connectivity index (χ1v) is 8.47. The Morgan fingerprint density at radius 3 is 2.50 bits per heavy atom. The highest BCUT2D eigenvalue weighted by atomic mass is 79.9. The minimum absolute atomic E-state index is 0.235. The number of rotatable bonds is 4. The van der Waals surface area contributed by atoms with Crippen LogP contribution in [0.3, 0.4) is 0 Å². The molecule has 0 saturated heterocycles. The first-order chi connectivity index (χ1) is 11.3. The van der Waals surface area contributed by atoms with E-state index in [2.05, 4.69) is 21.2 Å². The number of aromatic nitrogens is 1. The van der Waals surface area contributed by atoms with Gasteiger partial charge in [-0.05, 0) is 57.0 Å². The second-order valence-electron chi connectivity index (χ2n) is 5.63. The Morgan fingerprint density at radius 2 is 1.92 bits per heavy atom. The zero-order chi connectivity index (χ0) is 18.0. The van der Waals surface area contributed by atoms with E-state index < -0.39 is 5.97 Å². The molecule has 1 heterocycles. The SMILES string of the molecule is CCOC(=O)c1c(C)c(C(=O)Nc2ccc(Br)cc2C)c(C)n1C. The van der Waals surface area contributed by atoms with E-state index in [1.807, 2.05) is 32.0 Å². The fourth-order valence-corrected chi connectivity index (χ4v) is 3.23. The molecule has 1 aromatic carbocycles. The number of hydrogen-bond acceptors (Lipinski definition) is 3. The van der Waals surface area contributed by atoms with Crippen LogP contribution in [0.4, 0.5) is 5.69 Å². The van der Waals surface area contributed by atoms with Gasteiger partial charge in [-0.25, -0.2) is 4.79 Å². The summed E-state index contributed by atoms with van der Waals surface area (Å²) in [7, 11) is 1.76. The van der Waals surface area contributed by atoms with Gasteiger partial charge in [0.15, 0.2) is 0 Å². The first-order valence-electron chi connectivity index (χ1n) is 7.68. The molecule has 0 aliphatic heterocycles. The average Bonchev–Trinajstić information content (AvgIpc) is 2.72. The number of ether oxygens (including phenoxy) is 1. The molecule has 0 aliphatic rings. The van der Waals surface area contributed by atoms with Crippen molar-refractivity contribution in [1.29, 1.82) is 0 Å². The average molecular weight is 393 g/mol. The number of halogens is 1. The van der Waals surface area contributed by atoms with Gasteiger partial charge < -0.3 is 14.6 Å². The Bertz CT molecular complexity index is 809. The van der Waals surface area contributed by atoms with Crippen LogP contribution < -0.4 is 5.32 Å². The number of aryl methyl sites for hydroxylation is 1. The molecule has 24 heavy (non-hydrogen) atoms. The van der Waals surface area contributed by atoms with E-state index >= 15 is 0 Å². The summed E-state index contributed by atoms with van der Waals surface area (Å²) in [4.78, 5) is 24.9. The minimum Gasteiger partial charge on any atom is -0.461 e. The molecule has 5 nitrogen and oxygen atoms in total. The lowest BCUT2D eigenvalue weighted by Crippen LogP contribution is -2.15. The highest BCUT2D eigenvalue weighted by Crippen LogP contribution is 2.25. The molecule has 0 unspecified atom stereocenters. The molecule has 128 valence electrons. The maximum atomic E-state index is 12.8. The molecule has 0 atom stereocenters. The predicted molar refractivity (Wildman–Crippen MR) is 97.7 cm³/mol. The standard InChI is InChI=1S/C18H21BrN2O3/c1-6-24-18(23)16-11(3)15(12(4)21(16)5)17(22)20-14-8-7-13(19)9-10(14)2/h7-9H,6H2,1-5H3,(H,20,22). The third kappa shape index (κ3) is 3.38.